The van der Waals surface area contributed by atoms with E-state index in [-0.39, 0.29) is 29.5 Å². The Hall–Kier alpha value is -2.01. The van der Waals surface area contributed by atoms with Crippen LogP contribution in [0.1, 0.15) is 37.8 Å². The van der Waals surface area contributed by atoms with Crippen molar-refractivity contribution in [3.8, 4) is 11.5 Å². The third-order valence-corrected chi connectivity index (χ3v) is 5.87. The molecule has 26 heavy (non-hydrogen) atoms. The Morgan fingerprint density at radius 2 is 2.19 bits per heavy atom. The molecule has 0 amide bonds. The van der Waals surface area contributed by atoms with Crippen LogP contribution in [0.2, 0.25) is 0 Å². The van der Waals surface area contributed by atoms with E-state index < -0.39 is 0 Å². The minimum atomic E-state index is -0.231. The highest BCUT2D eigenvalue weighted by molar-refractivity contribution is 5.72. The van der Waals surface area contributed by atoms with Crippen molar-refractivity contribution in [3.05, 3.63) is 35.4 Å². The van der Waals surface area contributed by atoms with Crippen LogP contribution in [0.5, 0.6) is 11.5 Å². The number of carbonyl (C=O) groups is 1. The molecule has 0 radical (unpaired) electrons. The second-order valence-corrected chi connectivity index (χ2v) is 7.99. The molecule has 0 bridgehead atoms. The summed E-state index contributed by atoms with van der Waals surface area (Å²) in [5, 5.41) is 0. The summed E-state index contributed by atoms with van der Waals surface area (Å²) in [5.74, 6) is 1.36. The number of benzene rings is 1. The lowest BCUT2D eigenvalue weighted by atomic mass is 9.69. The first-order valence-corrected chi connectivity index (χ1v) is 9.40. The Morgan fingerprint density at radius 3 is 2.92 bits per heavy atom. The van der Waals surface area contributed by atoms with Crippen molar-refractivity contribution in [2.45, 2.75) is 50.9 Å². The zero-order valence-corrected chi connectivity index (χ0v) is 16.0. The molecule has 3 aliphatic rings. The number of methoxy groups -OCH3 is 1. The van der Waals surface area contributed by atoms with Gasteiger partial charge in [0.25, 0.3) is 0 Å². The van der Waals surface area contributed by atoms with Crippen LogP contribution in [0.15, 0.2) is 24.3 Å². The van der Waals surface area contributed by atoms with E-state index in [1.165, 1.54) is 11.1 Å². The third kappa shape index (κ3) is 2.60. The summed E-state index contributed by atoms with van der Waals surface area (Å²) in [6.45, 7) is 5.62. The van der Waals surface area contributed by atoms with E-state index in [9.17, 15) is 4.79 Å². The van der Waals surface area contributed by atoms with Gasteiger partial charge in [-0.2, -0.15) is 0 Å². The van der Waals surface area contributed by atoms with E-state index in [0.29, 0.717) is 6.42 Å². The Morgan fingerprint density at radius 1 is 1.38 bits per heavy atom. The molecular weight excluding hydrogens is 330 g/mol. The minimum absolute atomic E-state index is 0.0333. The maximum absolute atomic E-state index is 12.0. The van der Waals surface area contributed by atoms with Crippen LogP contribution in [0.4, 0.5) is 0 Å². The molecule has 2 aliphatic heterocycles. The van der Waals surface area contributed by atoms with Crippen LogP contribution in [-0.2, 0) is 21.5 Å². The van der Waals surface area contributed by atoms with Crippen LogP contribution in [0, 0.1) is 5.92 Å². The van der Waals surface area contributed by atoms with Crippen LogP contribution in [-0.4, -0.2) is 43.8 Å². The van der Waals surface area contributed by atoms with Gasteiger partial charge in [-0.1, -0.05) is 26.0 Å². The molecule has 1 aromatic carbocycles. The maximum Gasteiger partial charge on any atom is 0.308 e. The molecule has 5 heteroatoms. The van der Waals surface area contributed by atoms with Crippen LogP contribution in [0.25, 0.3) is 0 Å². The van der Waals surface area contributed by atoms with Crippen LogP contribution < -0.4 is 9.47 Å². The molecule has 0 fully saturated rings. The lowest BCUT2D eigenvalue weighted by molar-refractivity contribution is -0.152. The van der Waals surface area contributed by atoms with Crippen molar-refractivity contribution < 1.29 is 19.0 Å². The molecular formula is C21H27NO4. The smallest absolute Gasteiger partial charge is 0.308 e. The second-order valence-electron chi connectivity index (χ2n) is 7.99. The zero-order valence-electron chi connectivity index (χ0n) is 16.0. The highest BCUT2D eigenvalue weighted by Crippen LogP contribution is 2.55. The molecule has 5 nitrogen and oxygen atoms in total. The number of hydrogen-bond acceptors (Lipinski definition) is 5. The summed E-state index contributed by atoms with van der Waals surface area (Å²) in [4.78, 5) is 14.4. The lowest BCUT2D eigenvalue weighted by Gasteiger charge is -2.36. The third-order valence-electron chi connectivity index (χ3n) is 5.87. The van der Waals surface area contributed by atoms with E-state index in [1.54, 1.807) is 7.11 Å². The Labute approximate surface area is 154 Å². The van der Waals surface area contributed by atoms with Crippen molar-refractivity contribution >= 4 is 5.97 Å². The largest absolute Gasteiger partial charge is 0.493 e. The molecule has 0 N–H and O–H groups in total. The van der Waals surface area contributed by atoms with Gasteiger partial charge in [0.05, 0.1) is 18.4 Å². The highest BCUT2D eigenvalue weighted by Gasteiger charge is 2.53. The molecule has 4 rings (SSSR count). The van der Waals surface area contributed by atoms with Crippen molar-refractivity contribution in [1.29, 1.82) is 0 Å². The SMILES string of the molecule is COc1ccc2c3c1OC1C[C@@H](OC(=O)C(C)C)C=C[C@@]31CCN(C)C2. The summed E-state index contributed by atoms with van der Waals surface area (Å²) in [6.07, 6.45) is 5.69. The molecule has 3 atom stereocenters. The monoisotopic (exact) mass is 357 g/mol. The Balaban J connectivity index is 1.74. The summed E-state index contributed by atoms with van der Waals surface area (Å²) < 4.78 is 17.7. The highest BCUT2D eigenvalue weighted by atomic mass is 16.6. The number of rotatable bonds is 3. The molecule has 140 valence electrons. The molecule has 0 saturated heterocycles. The lowest BCUT2D eigenvalue weighted by Crippen LogP contribution is -2.44. The van der Waals surface area contributed by atoms with Gasteiger partial charge >= 0.3 is 5.97 Å². The van der Waals surface area contributed by atoms with Gasteiger partial charge in [-0.3, -0.25) is 4.79 Å². The molecule has 0 saturated carbocycles. The number of carbonyl (C=O) groups excluding carboxylic acids is 1. The van der Waals surface area contributed by atoms with Crippen LogP contribution >= 0.6 is 0 Å². The molecule has 1 aromatic rings. The number of hydrogen-bond donors (Lipinski definition) is 0. The van der Waals surface area contributed by atoms with Crippen molar-refractivity contribution in [2.75, 3.05) is 20.7 Å². The van der Waals surface area contributed by atoms with Crippen LogP contribution in [0.3, 0.4) is 0 Å². The number of nitrogens with zero attached hydrogens (tertiary/aromatic N) is 1. The fraction of sp³-hybridized carbons (Fsp3) is 0.571. The molecule has 1 unspecified atom stereocenters. The van der Waals surface area contributed by atoms with Gasteiger partial charge in [0.1, 0.15) is 12.2 Å². The van der Waals surface area contributed by atoms with Gasteiger partial charge in [0, 0.05) is 18.5 Å². The van der Waals surface area contributed by atoms with Crippen molar-refractivity contribution in [1.82, 2.24) is 4.90 Å². The fourth-order valence-electron chi connectivity index (χ4n) is 4.44. The van der Waals surface area contributed by atoms with Gasteiger partial charge in [-0.15, -0.1) is 0 Å². The molecule has 1 spiro atoms. The number of ether oxygens (including phenoxy) is 3. The van der Waals surface area contributed by atoms with E-state index in [1.807, 2.05) is 19.9 Å². The molecule has 0 aromatic heterocycles. The van der Waals surface area contributed by atoms with Gasteiger partial charge in [-0.05, 0) is 37.7 Å². The second kappa shape index (κ2) is 6.31. The summed E-state index contributed by atoms with van der Waals surface area (Å²) in [7, 11) is 3.84. The quantitative estimate of drug-likeness (QED) is 0.615. The van der Waals surface area contributed by atoms with Crippen molar-refractivity contribution in [2.24, 2.45) is 5.92 Å². The summed E-state index contributed by atoms with van der Waals surface area (Å²) >= 11 is 0. The minimum Gasteiger partial charge on any atom is -0.493 e. The van der Waals surface area contributed by atoms with Gasteiger partial charge in [0.2, 0.25) is 0 Å². The summed E-state index contributed by atoms with van der Waals surface area (Å²) in [5.41, 5.74) is 2.40. The van der Waals surface area contributed by atoms with E-state index in [0.717, 1.165) is 31.0 Å². The predicted octanol–water partition coefficient (Wildman–Crippen LogP) is 3.06. The van der Waals surface area contributed by atoms with Gasteiger partial charge in [0.15, 0.2) is 11.5 Å². The first-order chi connectivity index (χ1) is 12.4. The Kier molecular flexibility index (Phi) is 4.22. The molecule has 1 aliphatic carbocycles. The maximum atomic E-state index is 12.0. The topological polar surface area (TPSA) is 48.0 Å². The first-order valence-electron chi connectivity index (χ1n) is 9.40. The Bertz CT molecular complexity index is 757. The first kappa shape index (κ1) is 17.4. The van der Waals surface area contributed by atoms with Crippen molar-refractivity contribution in [3.63, 3.8) is 0 Å². The number of esters is 1. The van der Waals surface area contributed by atoms with E-state index in [2.05, 4.69) is 30.2 Å². The standard InChI is InChI=1S/C21H27NO4/c1-13(2)20(23)25-15-7-8-21-9-10-22(3)12-14-5-6-16(24-4)19(18(14)21)26-17(21)11-15/h5-8,13,15,17H,9-12H2,1-4H3/t15-,17?,21-/m0/s1. The average Bonchev–Trinajstić information content (AvgIpc) is 2.87. The predicted molar refractivity (Wildman–Crippen MR) is 98.5 cm³/mol. The fourth-order valence-corrected chi connectivity index (χ4v) is 4.44. The van der Waals surface area contributed by atoms with E-state index in [4.69, 9.17) is 14.2 Å². The molecule has 2 heterocycles. The van der Waals surface area contributed by atoms with Gasteiger partial charge in [-0.25, -0.2) is 0 Å². The average molecular weight is 357 g/mol. The van der Waals surface area contributed by atoms with Gasteiger partial charge < -0.3 is 19.1 Å². The zero-order chi connectivity index (χ0) is 18.5. The summed E-state index contributed by atoms with van der Waals surface area (Å²) in [6, 6.07) is 4.16. The van der Waals surface area contributed by atoms with E-state index >= 15 is 0 Å². The normalized spacial score (nSPS) is 29.6.